The lowest BCUT2D eigenvalue weighted by molar-refractivity contribution is 0.500. The Morgan fingerprint density at radius 3 is 3.08 bits per heavy atom. The van der Waals surface area contributed by atoms with Crippen LogP contribution in [0.3, 0.4) is 0 Å². The van der Waals surface area contributed by atoms with Crippen molar-refractivity contribution >= 4 is 16.5 Å². The molecule has 2 rings (SSSR count). The van der Waals surface area contributed by atoms with Gasteiger partial charge in [-0.25, -0.2) is 4.98 Å². The number of aromatic nitrogens is 1. The van der Waals surface area contributed by atoms with Crippen molar-refractivity contribution in [2.45, 2.75) is 31.7 Å². The van der Waals surface area contributed by atoms with Crippen LogP contribution < -0.4 is 11.5 Å². The van der Waals surface area contributed by atoms with E-state index in [4.69, 9.17) is 11.5 Å². The van der Waals surface area contributed by atoms with Crippen LogP contribution in [0.1, 0.15) is 29.8 Å². The van der Waals surface area contributed by atoms with Crippen molar-refractivity contribution in [3.8, 4) is 0 Å². The van der Waals surface area contributed by atoms with E-state index in [0.29, 0.717) is 11.0 Å². The molecule has 3 nitrogen and oxygen atoms in total. The molecule has 66 valence electrons. The van der Waals surface area contributed by atoms with Crippen molar-refractivity contribution in [2.75, 3.05) is 5.73 Å². The van der Waals surface area contributed by atoms with Gasteiger partial charge >= 0.3 is 0 Å². The number of nitrogens with two attached hydrogens (primary N) is 2. The first-order valence-electron chi connectivity index (χ1n) is 4.19. The molecule has 1 heterocycles. The second-order valence-corrected chi connectivity index (χ2v) is 4.42. The van der Waals surface area contributed by atoms with Gasteiger partial charge in [0.05, 0.1) is 5.69 Å². The van der Waals surface area contributed by atoms with Gasteiger partial charge in [-0.15, -0.1) is 11.3 Å². The highest BCUT2D eigenvalue weighted by molar-refractivity contribution is 7.15. The van der Waals surface area contributed by atoms with E-state index >= 15 is 0 Å². The maximum atomic E-state index is 5.94. The van der Waals surface area contributed by atoms with Gasteiger partial charge in [-0.1, -0.05) is 6.92 Å². The van der Waals surface area contributed by atoms with Gasteiger partial charge in [0.25, 0.3) is 0 Å². The molecule has 4 N–H and O–H groups in total. The first kappa shape index (κ1) is 8.01. The van der Waals surface area contributed by atoms with Crippen molar-refractivity contribution in [3.63, 3.8) is 0 Å². The van der Waals surface area contributed by atoms with E-state index in [1.807, 2.05) is 0 Å². The molecular formula is C8H13N3S. The normalized spacial score (nSPS) is 28.5. The van der Waals surface area contributed by atoms with E-state index in [9.17, 15) is 0 Å². The number of rotatable bonds is 0. The SMILES string of the molecule is CC1c2sc(N)nc2CCC1N. The molecule has 12 heavy (non-hydrogen) atoms. The zero-order valence-electron chi connectivity index (χ0n) is 7.08. The van der Waals surface area contributed by atoms with Crippen LogP contribution in [-0.2, 0) is 6.42 Å². The first-order chi connectivity index (χ1) is 5.68. The van der Waals surface area contributed by atoms with Crippen LogP contribution in [0.5, 0.6) is 0 Å². The molecule has 0 radical (unpaired) electrons. The Labute approximate surface area is 75.8 Å². The molecule has 1 aliphatic carbocycles. The monoisotopic (exact) mass is 183 g/mol. The van der Waals surface area contributed by atoms with Crippen molar-refractivity contribution in [2.24, 2.45) is 5.73 Å². The molecule has 0 amide bonds. The lowest BCUT2D eigenvalue weighted by Gasteiger charge is -2.23. The van der Waals surface area contributed by atoms with E-state index in [1.165, 1.54) is 10.6 Å². The maximum Gasteiger partial charge on any atom is 0.180 e. The van der Waals surface area contributed by atoms with Gasteiger partial charge < -0.3 is 11.5 Å². The summed E-state index contributed by atoms with van der Waals surface area (Å²) in [6.45, 7) is 2.15. The Hall–Kier alpha value is -0.610. The number of fused-ring (bicyclic) bond motifs is 1. The van der Waals surface area contributed by atoms with E-state index < -0.39 is 0 Å². The quantitative estimate of drug-likeness (QED) is 0.633. The Kier molecular flexibility index (Phi) is 1.81. The number of hydrogen-bond acceptors (Lipinski definition) is 4. The topological polar surface area (TPSA) is 64.9 Å². The minimum atomic E-state index is 0.289. The number of hydrogen-bond donors (Lipinski definition) is 2. The van der Waals surface area contributed by atoms with Gasteiger partial charge in [-0.05, 0) is 12.8 Å². The lowest BCUT2D eigenvalue weighted by atomic mass is 9.89. The summed E-state index contributed by atoms with van der Waals surface area (Å²) in [7, 11) is 0. The molecule has 4 heteroatoms. The van der Waals surface area contributed by atoms with E-state index in [-0.39, 0.29) is 6.04 Å². The Morgan fingerprint density at radius 2 is 2.33 bits per heavy atom. The summed E-state index contributed by atoms with van der Waals surface area (Å²) in [5.74, 6) is 0.434. The van der Waals surface area contributed by atoms with Crippen LogP contribution in [0.4, 0.5) is 5.13 Å². The van der Waals surface area contributed by atoms with E-state index in [1.54, 1.807) is 11.3 Å². The average Bonchev–Trinajstić information content (AvgIpc) is 2.39. The minimum absolute atomic E-state index is 0.289. The molecule has 0 aliphatic heterocycles. The summed E-state index contributed by atoms with van der Waals surface area (Å²) >= 11 is 1.59. The second kappa shape index (κ2) is 2.71. The largest absolute Gasteiger partial charge is 0.375 e. The predicted molar refractivity (Wildman–Crippen MR) is 51.2 cm³/mol. The summed E-state index contributed by atoms with van der Waals surface area (Å²) in [5, 5.41) is 0.681. The smallest absolute Gasteiger partial charge is 0.180 e. The van der Waals surface area contributed by atoms with Crippen molar-refractivity contribution in [1.82, 2.24) is 4.98 Å². The summed E-state index contributed by atoms with van der Waals surface area (Å²) in [4.78, 5) is 5.57. The fraction of sp³-hybridized carbons (Fsp3) is 0.625. The third-order valence-electron chi connectivity index (χ3n) is 2.51. The molecule has 0 bridgehead atoms. The number of aryl methyl sites for hydroxylation is 1. The van der Waals surface area contributed by atoms with Crippen LogP contribution >= 0.6 is 11.3 Å². The van der Waals surface area contributed by atoms with Gasteiger partial charge in [0, 0.05) is 16.8 Å². The van der Waals surface area contributed by atoms with Gasteiger partial charge in [0.15, 0.2) is 5.13 Å². The molecule has 0 saturated heterocycles. The Balaban J connectivity index is 2.41. The summed E-state index contributed by atoms with van der Waals surface area (Å²) in [6.07, 6.45) is 2.03. The number of thiazole rings is 1. The first-order valence-corrected chi connectivity index (χ1v) is 5.01. The zero-order chi connectivity index (χ0) is 8.72. The molecule has 0 fully saturated rings. The van der Waals surface area contributed by atoms with Crippen LogP contribution in [0.25, 0.3) is 0 Å². The summed E-state index contributed by atoms with van der Waals surface area (Å²) < 4.78 is 0. The number of anilines is 1. The lowest BCUT2D eigenvalue weighted by Crippen LogP contribution is -2.30. The standard InChI is InChI=1S/C8H13N3S/c1-4-5(9)2-3-6-7(4)12-8(10)11-6/h4-5H,2-3,9H2,1H3,(H2,10,11). The molecule has 0 spiro atoms. The summed E-state index contributed by atoms with van der Waals surface area (Å²) in [6, 6.07) is 0.289. The molecule has 1 aromatic heterocycles. The second-order valence-electron chi connectivity index (χ2n) is 3.35. The average molecular weight is 183 g/mol. The fourth-order valence-electron chi connectivity index (χ4n) is 1.67. The third kappa shape index (κ3) is 1.11. The molecule has 1 aromatic rings. The van der Waals surface area contributed by atoms with Gasteiger partial charge in [-0.3, -0.25) is 0 Å². The Morgan fingerprint density at radius 1 is 1.58 bits per heavy atom. The molecule has 0 saturated carbocycles. The number of nitrogen functional groups attached to an aromatic ring is 1. The highest BCUT2D eigenvalue weighted by Crippen LogP contribution is 2.35. The zero-order valence-corrected chi connectivity index (χ0v) is 7.90. The van der Waals surface area contributed by atoms with E-state index in [2.05, 4.69) is 11.9 Å². The van der Waals surface area contributed by atoms with Crippen molar-refractivity contribution in [3.05, 3.63) is 10.6 Å². The highest BCUT2D eigenvalue weighted by atomic mass is 32.1. The Bertz CT molecular complexity index is 294. The van der Waals surface area contributed by atoms with E-state index in [0.717, 1.165) is 12.8 Å². The fourth-order valence-corrected chi connectivity index (χ4v) is 2.67. The molecule has 2 unspecified atom stereocenters. The number of nitrogens with zero attached hydrogens (tertiary/aromatic N) is 1. The van der Waals surface area contributed by atoms with Crippen LogP contribution in [-0.4, -0.2) is 11.0 Å². The van der Waals surface area contributed by atoms with Crippen molar-refractivity contribution in [1.29, 1.82) is 0 Å². The maximum absolute atomic E-state index is 5.94. The summed E-state index contributed by atoms with van der Waals surface area (Å²) in [5.41, 5.74) is 12.7. The third-order valence-corrected chi connectivity index (χ3v) is 3.64. The molecular weight excluding hydrogens is 170 g/mol. The van der Waals surface area contributed by atoms with Crippen LogP contribution in [0.15, 0.2) is 0 Å². The van der Waals surface area contributed by atoms with Crippen molar-refractivity contribution < 1.29 is 0 Å². The molecule has 0 aromatic carbocycles. The molecule has 2 atom stereocenters. The van der Waals surface area contributed by atoms with Crippen LogP contribution in [0, 0.1) is 0 Å². The van der Waals surface area contributed by atoms with Gasteiger partial charge in [0.2, 0.25) is 0 Å². The predicted octanol–water partition coefficient (Wildman–Crippen LogP) is 1.10. The van der Waals surface area contributed by atoms with Gasteiger partial charge in [0.1, 0.15) is 0 Å². The van der Waals surface area contributed by atoms with Gasteiger partial charge in [-0.2, -0.15) is 0 Å². The highest BCUT2D eigenvalue weighted by Gasteiger charge is 2.26. The van der Waals surface area contributed by atoms with Crippen LogP contribution in [0.2, 0.25) is 0 Å². The molecule has 1 aliphatic rings. The minimum Gasteiger partial charge on any atom is -0.375 e.